The Balaban J connectivity index is 4.34. The number of rotatable bonds is 49. The van der Waals surface area contributed by atoms with Gasteiger partial charge in [-0.25, -0.2) is 0 Å². The maximum atomic E-state index is 12.8. The third-order valence-electron chi connectivity index (χ3n) is 11.9. The van der Waals surface area contributed by atoms with Gasteiger partial charge in [-0.2, -0.15) is 0 Å². The summed E-state index contributed by atoms with van der Waals surface area (Å²) in [7, 11) is 0. The second kappa shape index (κ2) is 51.3. The lowest BCUT2D eigenvalue weighted by molar-refractivity contribution is -0.167. The van der Waals surface area contributed by atoms with Crippen LogP contribution in [0.4, 0.5) is 0 Å². The average molecular weight is 871 g/mol. The molecule has 0 amide bonds. The Labute approximate surface area is 385 Å². The van der Waals surface area contributed by atoms with Gasteiger partial charge in [0.2, 0.25) is 0 Å². The number of esters is 3. The molecule has 0 rings (SSSR count). The molecule has 0 aliphatic carbocycles. The highest BCUT2D eigenvalue weighted by Gasteiger charge is 2.19. The van der Waals surface area contributed by atoms with E-state index in [4.69, 9.17) is 14.2 Å². The van der Waals surface area contributed by atoms with Gasteiger partial charge in [-0.3, -0.25) is 14.4 Å². The minimum atomic E-state index is -0.776. The molecule has 0 fully saturated rings. The lowest BCUT2D eigenvalue weighted by atomic mass is 10.0. The van der Waals surface area contributed by atoms with E-state index in [0.29, 0.717) is 19.3 Å². The molecule has 1 unspecified atom stereocenters. The van der Waals surface area contributed by atoms with Gasteiger partial charge in [-0.1, -0.05) is 250 Å². The average Bonchev–Trinajstić information content (AvgIpc) is 3.27. The number of hydrogen-bond donors (Lipinski definition) is 0. The van der Waals surface area contributed by atoms with E-state index < -0.39 is 6.10 Å². The molecule has 0 aromatic heterocycles. The van der Waals surface area contributed by atoms with E-state index in [0.717, 1.165) is 96.3 Å². The number of ether oxygens (including phenoxy) is 3. The van der Waals surface area contributed by atoms with Crippen molar-refractivity contribution in [2.24, 2.45) is 0 Å². The third kappa shape index (κ3) is 48.7. The van der Waals surface area contributed by atoms with Crippen LogP contribution in [0.25, 0.3) is 0 Å². The van der Waals surface area contributed by atoms with E-state index in [1.54, 1.807) is 0 Å². The van der Waals surface area contributed by atoms with Crippen molar-refractivity contribution >= 4 is 17.9 Å². The SMILES string of the molecule is CC/C=C\C/C=C\C/C=C\CCCCCCCC(=O)OC(COC(=O)CCCCCCCCCCCCCC)COC(=O)CCCCCCCCCCCCCCCCCCC. The van der Waals surface area contributed by atoms with E-state index in [9.17, 15) is 14.4 Å². The van der Waals surface area contributed by atoms with Gasteiger partial charge in [0, 0.05) is 19.3 Å². The number of carbonyl (C=O) groups is 3. The molecule has 0 bridgehead atoms. The van der Waals surface area contributed by atoms with E-state index in [1.807, 2.05) is 0 Å². The Morgan fingerprint density at radius 3 is 0.984 bits per heavy atom. The zero-order valence-electron chi connectivity index (χ0n) is 41.4. The Bertz CT molecular complexity index is 1050. The molecule has 0 saturated carbocycles. The van der Waals surface area contributed by atoms with Crippen LogP contribution in [0, 0.1) is 0 Å². The van der Waals surface area contributed by atoms with Gasteiger partial charge in [0.25, 0.3) is 0 Å². The van der Waals surface area contributed by atoms with Crippen LogP contribution in [0.1, 0.15) is 284 Å². The first kappa shape index (κ1) is 59.6. The van der Waals surface area contributed by atoms with Gasteiger partial charge >= 0.3 is 17.9 Å². The van der Waals surface area contributed by atoms with Crippen molar-refractivity contribution in [3.8, 4) is 0 Å². The summed E-state index contributed by atoms with van der Waals surface area (Å²) in [5, 5.41) is 0. The highest BCUT2D eigenvalue weighted by molar-refractivity contribution is 5.71. The van der Waals surface area contributed by atoms with Gasteiger partial charge < -0.3 is 14.2 Å². The molecule has 0 N–H and O–H groups in total. The maximum absolute atomic E-state index is 12.8. The molecule has 0 aliphatic rings. The summed E-state index contributed by atoms with van der Waals surface area (Å²) in [5.41, 5.74) is 0. The molecule has 6 nitrogen and oxygen atoms in total. The highest BCUT2D eigenvalue weighted by atomic mass is 16.6. The van der Waals surface area contributed by atoms with Crippen LogP contribution in [0.3, 0.4) is 0 Å². The first-order valence-corrected chi connectivity index (χ1v) is 27.0. The van der Waals surface area contributed by atoms with E-state index in [-0.39, 0.29) is 31.1 Å². The van der Waals surface area contributed by atoms with Crippen molar-refractivity contribution in [2.75, 3.05) is 13.2 Å². The fourth-order valence-electron chi connectivity index (χ4n) is 7.87. The summed E-state index contributed by atoms with van der Waals surface area (Å²) >= 11 is 0. The topological polar surface area (TPSA) is 78.9 Å². The molecule has 62 heavy (non-hydrogen) atoms. The summed E-state index contributed by atoms with van der Waals surface area (Å²) in [6.45, 7) is 6.54. The molecule has 0 aromatic carbocycles. The quantitative estimate of drug-likeness (QED) is 0.0262. The Morgan fingerprint density at radius 1 is 0.339 bits per heavy atom. The third-order valence-corrected chi connectivity index (χ3v) is 11.9. The molecule has 362 valence electrons. The van der Waals surface area contributed by atoms with Crippen molar-refractivity contribution in [3.05, 3.63) is 36.5 Å². The first-order chi connectivity index (χ1) is 30.5. The van der Waals surface area contributed by atoms with Crippen LogP contribution in [0.5, 0.6) is 0 Å². The summed E-state index contributed by atoms with van der Waals surface area (Å²) < 4.78 is 16.8. The molecule has 0 radical (unpaired) electrons. The van der Waals surface area contributed by atoms with Gasteiger partial charge in [-0.05, 0) is 51.4 Å². The number of hydrogen-bond acceptors (Lipinski definition) is 6. The van der Waals surface area contributed by atoms with Crippen LogP contribution in [-0.2, 0) is 28.6 Å². The van der Waals surface area contributed by atoms with Crippen molar-refractivity contribution < 1.29 is 28.6 Å². The molecule has 6 heteroatoms. The summed E-state index contributed by atoms with van der Waals surface area (Å²) in [5.74, 6) is -0.877. The second-order valence-corrected chi connectivity index (χ2v) is 18.1. The molecule has 0 aliphatic heterocycles. The minimum absolute atomic E-state index is 0.0748. The molecular formula is C56H102O6. The largest absolute Gasteiger partial charge is 0.462 e. The summed E-state index contributed by atoms with van der Waals surface area (Å²) in [6, 6.07) is 0. The van der Waals surface area contributed by atoms with Gasteiger partial charge in [0.1, 0.15) is 13.2 Å². The van der Waals surface area contributed by atoms with Gasteiger partial charge in [0.05, 0.1) is 0 Å². The van der Waals surface area contributed by atoms with E-state index >= 15 is 0 Å². The zero-order chi connectivity index (χ0) is 45.1. The lowest BCUT2D eigenvalue weighted by Gasteiger charge is -2.18. The number of allylic oxidation sites excluding steroid dienone is 6. The normalized spacial score (nSPS) is 12.2. The van der Waals surface area contributed by atoms with Crippen LogP contribution in [-0.4, -0.2) is 37.2 Å². The van der Waals surface area contributed by atoms with Crippen molar-refractivity contribution in [2.45, 2.75) is 290 Å². The van der Waals surface area contributed by atoms with Crippen molar-refractivity contribution in [1.29, 1.82) is 0 Å². The molecular weight excluding hydrogens is 769 g/mol. The Hall–Kier alpha value is -2.37. The van der Waals surface area contributed by atoms with Crippen LogP contribution in [0.15, 0.2) is 36.5 Å². The Kier molecular flexibility index (Phi) is 49.3. The van der Waals surface area contributed by atoms with Gasteiger partial charge in [0.15, 0.2) is 6.10 Å². The van der Waals surface area contributed by atoms with Crippen molar-refractivity contribution in [1.82, 2.24) is 0 Å². The molecule has 0 heterocycles. The van der Waals surface area contributed by atoms with Crippen LogP contribution >= 0.6 is 0 Å². The highest BCUT2D eigenvalue weighted by Crippen LogP contribution is 2.16. The zero-order valence-corrected chi connectivity index (χ0v) is 41.4. The summed E-state index contributed by atoms with van der Waals surface area (Å²) in [6.07, 6.45) is 59.8. The standard InChI is InChI=1S/C56H102O6/c1-4-7-10-13-16-19-22-25-27-28-30-31-34-37-40-43-46-49-55(58)61-52-53(51-60-54(57)48-45-42-39-36-33-24-21-18-15-12-9-6-3)62-56(59)50-47-44-41-38-35-32-29-26-23-20-17-14-11-8-5-2/h8,11,17,20,26,29,53H,4-7,9-10,12-16,18-19,21-25,27-28,30-52H2,1-3H3/b11-8-,20-17-,29-26-. The summed E-state index contributed by atoms with van der Waals surface area (Å²) in [4.78, 5) is 38.0. The molecule has 0 saturated heterocycles. The van der Waals surface area contributed by atoms with E-state index in [2.05, 4.69) is 57.2 Å². The molecule has 1 atom stereocenters. The smallest absolute Gasteiger partial charge is 0.306 e. The number of unbranched alkanes of at least 4 members (excludes halogenated alkanes) is 32. The van der Waals surface area contributed by atoms with E-state index in [1.165, 1.54) is 148 Å². The molecule has 0 aromatic rings. The fourth-order valence-corrected chi connectivity index (χ4v) is 7.87. The van der Waals surface area contributed by atoms with Crippen LogP contribution < -0.4 is 0 Å². The van der Waals surface area contributed by atoms with Gasteiger partial charge in [-0.15, -0.1) is 0 Å². The predicted octanol–water partition coefficient (Wildman–Crippen LogP) is 17.7. The first-order valence-electron chi connectivity index (χ1n) is 27.0. The molecule has 0 spiro atoms. The monoisotopic (exact) mass is 871 g/mol. The lowest BCUT2D eigenvalue weighted by Crippen LogP contribution is -2.30. The number of carbonyl (C=O) groups excluding carboxylic acids is 3. The van der Waals surface area contributed by atoms with Crippen molar-refractivity contribution in [3.63, 3.8) is 0 Å². The minimum Gasteiger partial charge on any atom is -0.462 e. The fraction of sp³-hybridized carbons (Fsp3) is 0.839. The van der Waals surface area contributed by atoms with Crippen LogP contribution in [0.2, 0.25) is 0 Å². The predicted molar refractivity (Wildman–Crippen MR) is 266 cm³/mol. The Morgan fingerprint density at radius 2 is 0.629 bits per heavy atom. The maximum Gasteiger partial charge on any atom is 0.306 e. The second-order valence-electron chi connectivity index (χ2n) is 18.1.